The lowest BCUT2D eigenvalue weighted by Crippen LogP contribution is -2.39. The highest BCUT2D eigenvalue weighted by molar-refractivity contribution is 5.85. The largest absolute Gasteiger partial charge is 0.497 e. The summed E-state index contributed by atoms with van der Waals surface area (Å²) >= 11 is 0. The molecule has 4 nitrogen and oxygen atoms in total. The van der Waals surface area contributed by atoms with Gasteiger partial charge >= 0.3 is 0 Å². The predicted octanol–water partition coefficient (Wildman–Crippen LogP) is 3.73. The van der Waals surface area contributed by atoms with Crippen LogP contribution >= 0.6 is 12.4 Å². The van der Waals surface area contributed by atoms with Crippen LogP contribution in [-0.2, 0) is 4.79 Å². The molecular weight excluding hydrogens is 336 g/mol. The number of halogens is 1. The Bertz CT molecular complexity index is 555. The number of hydrogen-bond donors (Lipinski definition) is 1. The molecule has 2 aliphatic rings. The van der Waals surface area contributed by atoms with Gasteiger partial charge in [0.2, 0.25) is 5.91 Å². The average Bonchev–Trinajstić information content (AvgIpc) is 3.13. The first-order valence-corrected chi connectivity index (χ1v) is 9.28. The molecule has 1 aromatic rings. The van der Waals surface area contributed by atoms with Crippen molar-refractivity contribution >= 4 is 18.3 Å². The normalized spacial score (nSPS) is 22.3. The molecule has 1 atom stereocenters. The van der Waals surface area contributed by atoms with Crippen LogP contribution < -0.4 is 10.5 Å². The summed E-state index contributed by atoms with van der Waals surface area (Å²) in [4.78, 5) is 14.9. The molecule has 1 heterocycles. The fraction of sp³-hybridized carbons (Fsp3) is 0.650. The van der Waals surface area contributed by atoms with Crippen molar-refractivity contribution in [2.75, 3.05) is 26.7 Å². The average molecular weight is 367 g/mol. The van der Waals surface area contributed by atoms with Gasteiger partial charge in [0.05, 0.1) is 7.11 Å². The number of nitrogens with two attached hydrogens (primary N) is 1. The molecule has 1 saturated carbocycles. The van der Waals surface area contributed by atoms with Crippen molar-refractivity contribution in [3.8, 4) is 5.75 Å². The van der Waals surface area contributed by atoms with E-state index in [2.05, 4.69) is 17.0 Å². The second-order valence-electron chi connectivity index (χ2n) is 7.54. The van der Waals surface area contributed by atoms with Gasteiger partial charge in [0, 0.05) is 25.4 Å². The number of carbonyl (C=O) groups excluding carboxylic acids is 1. The molecule has 5 heteroatoms. The highest BCUT2D eigenvalue weighted by atomic mass is 35.5. The third-order valence-electron chi connectivity index (χ3n) is 6.00. The first-order valence-electron chi connectivity index (χ1n) is 9.28. The van der Waals surface area contributed by atoms with Gasteiger partial charge in [0.25, 0.3) is 0 Å². The molecule has 1 saturated heterocycles. The Kier molecular flexibility index (Phi) is 7.14. The van der Waals surface area contributed by atoms with Gasteiger partial charge in [-0.3, -0.25) is 4.79 Å². The van der Waals surface area contributed by atoms with Crippen LogP contribution in [0, 0.1) is 5.41 Å². The Hall–Kier alpha value is -1.26. The molecule has 3 rings (SSSR count). The van der Waals surface area contributed by atoms with E-state index in [0.717, 1.165) is 38.1 Å². The molecule has 0 spiro atoms. The smallest absolute Gasteiger partial charge is 0.223 e. The summed E-state index contributed by atoms with van der Waals surface area (Å²) in [6.07, 6.45) is 7.65. The Labute approximate surface area is 157 Å². The summed E-state index contributed by atoms with van der Waals surface area (Å²) in [6.45, 7) is 2.36. The molecule has 2 N–H and O–H groups in total. The molecule has 1 aromatic carbocycles. The monoisotopic (exact) mass is 366 g/mol. The fourth-order valence-electron chi connectivity index (χ4n) is 4.32. The van der Waals surface area contributed by atoms with Crippen LogP contribution in [0.1, 0.15) is 56.4 Å². The van der Waals surface area contributed by atoms with Gasteiger partial charge in [-0.05, 0) is 48.9 Å². The zero-order valence-electron chi connectivity index (χ0n) is 15.2. The van der Waals surface area contributed by atoms with Gasteiger partial charge in [-0.2, -0.15) is 0 Å². The van der Waals surface area contributed by atoms with Crippen LogP contribution in [0.5, 0.6) is 5.75 Å². The van der Waals surface area contributed by atoms with Crippen LogP contribution in [0.4, 0.5) is 0 Å². The molecule has 0 aromatic heterocycles. The molecule has 0 radical (unpaired) electrons. The van der Waals surface area contributed by atoms with E-state index in [0.29, 0.717) is 24.8 Å². The number of hydrogen-bond acceptors (Lipinski definition) is 3. The van der Waals surface area contributed by atoms with Crippen molar-refractivity contribution in [1.29, 1.82) is 0 Å². The summed E-state index contributed by atoms with van der Waals surface area (Å²) in [5.74, 6) is 1.63. The van der Waals surface area contributed by atoms with Crippen LogP contribution in [0.3, 0.4) is 0 Å². The number of carbonyl (C=O) groups is 1. The van der Waals surface area contributed by atoms with E-state index >= 15 is 0 Å². The number of amides is 1. The van der Waals surface area contributed by atoms with Gasteiger partial charge < -0.3 is 15.4 Å². The Morgan fingerprint density at radius 1 is 1.24 bits per heavy atom. The van der Waals surface area contributed by atoms with Crippen molar-refractivity contribution in [2.45, 2.75) is 50.9 Å². The Morgan fingerprint density at radius 3 is 2.52 bits per heavy atom. The fourth-order valence-corrected chi connectivity index (χ4v) is 4.32. The number of likely N-dealkylation sites (tertiary alicyclic amines) is 1. The van der Waals surface area contributed by atoms with Crippen LogP contribution in [0.25, 0.3) is 0 Å². The number of methoxy groups -OCH3 is 1. The van der Waals surface area contributed by atoms with E-state index in [4.69, 9.17) is 10.5 Å². The van der Waals surface area contributed by atoms with Crippen molar-refractivity contribution in [3.05, 3.63) is 29.8 Å². The summed E-state index contributed by atoms with van der Waals surface area (Å²) in [6, 6.07) is 8.26. The zero-order valence-corrected chi connectivity index (χ0v) is 16.0. The molecule has 25 heavy (non-hydrogen) atoms. The minimum atomic E-state index is 0. The minimum Gasteiger partial charge on any atom is -0.497 e. The summed E-state index contributed by atoms with van der Waals surface area (Å²) in [5.41, 5.74) is 7.41. The molecule has 140 valence electrons. The third kappa shape index (κ3) is 4.68. The molecular formula is C20H31ClN2O2. The maximum absolute atomic E-state index is 12.8. The van der Waals surface area contributed by atoms with E-state index in [1.165, 1.54) is 24.8 Å². The van der Waals surface area contributed by atoms with Gasteiger partial charge in [-0.25, -0.2) is 0 Å². The Balaban J connectivity index is 0.00000225. The van der Waals surface area contributed by atoms with Gasteiger partial charge in [-0.1, -0.05) is 31.4 Å². The van der Waals surface area contributed by atoms with Gasteiger partial charge in [-0.15, -0.1) is 12.4 Å². The van der Waals surface area contributed by atoms with Gasteiger partial charge in [0.15, 0.2) is 0 Å². The Morgan fingerprint density at radius 2 is 1.92 bits per heavy atom. The second kappa shape index (κ2) is 8.91. The first kappa shape index (κ1) is 20.1. The molecule has 1 aliphatic carbocycles. The number of nitrogens with zero attached hydrogens (tertiary/aromatic N) is 1. The number of rotatable bonds is 5. The first-order chi connectivity index (χ1) is 11.7. The van der Waals surface area contributed by atoms with Gasteiger partial charge in [0.1, 0.15) is 5.75 Å². The lowest BCUT2D eigenvalue weighted by molar-refractivity contribution is -0.133. The molecule has 1 aliphatic heterocycles. The van der Waals surface area contributed by atoms with Crippen LogP contribution in [-0.4, -0.2) is 37.6 Å². The van der Waals surface area contributed by atoms with Crippen LogP contribution in [0.2, 0.25) is 0 Å². The molecule has 1 unspecified atom stereocenters. The van der Waals surface area contributed by atoms with Crippen molar-refractivity contribution in [2.24, 2.45) is 11.1 Å². The van der Waals surface area contributed by atoms with E-state index < -0.39 is 0 Å². The molecule has 1 amide bonds. The zero-order chi connectivity index (χ0) is 17.0. The standard InChI is InChI=1S/C20H30N2O2.ClH/c1-24-18-7-5-16(6-8-18)17-9-12-22(14-17)19(23)13-20(15-21)10-3-2-4-11-20;/h5-8,17H,2-4,9-15,21H2,1H3;1H. The summed E-state index contributed by atoms with van der Waals surface area (Å²) < 4.78 is 5.22. The topological polar surface area (TPSA) is 55.6 Å². The van der Waals surface area contributed by atoms with E-state index in [1.807, 2.05) is 12.1 Å². The summed E-state index contributed by atoms with van der Waals surface area (Å²) in [5, 5.41) is 0. The molecule has 2 fully saturated rings. The lowest BCUT2D eigenvalue weighted by Gasteiger charge is -2.36. The maximum atomic E-state index is 12.8. The summed E-state index contributed by atoms with van der Waals surface area (Å²) in [7, 11) is 1.68. The molecule has 0 bridgehead atoms. The quantitative estimate of drug-likeness (QED) is 0.863. The minimum absolute atomic E-state index is 0. The van der Waals surface area contributed by atoms with E-state index in [1.54, 1.807) is 7.11 Å². The maximum Gasteiger partial charge on any atom is 0.223 e. The highest BCUT2D eigenvalue weighted by Gasteiger charge is 2.36. The number of ether oxygens (including phenoxy) is 1. The number of benzene rings is 1. The van der Waals surface area contributed by atoms with E-state index in [-0.39, 0.29) is 17.8 Å². The van der Waals surface area contributed by atoms with Crippen molar-refractivity contribution in [3.63, 3.8) is 0 Å². The highest BCUT2D eigenvalue weighted by Crippen LogP contribution is 2.39. The SMILES string of the molecule is COc1ccc(C2CCN(C(=O)CC3(CN)CCCCC3)C2)cc1.Cl. The van der Waals surface area contributed by atoms with E-state index in [9.17, 15) is 4.79 Å². The van der Waals surface area contributed by atoms with Crippen LogP contribution in [0.15, 0.2) is 24.3 Å². The van der Waals surface area contributed by atoms with Crippen molar-refractivity contribution < 1.29 is 9.53 Å². The predicted molar refractivity (Wildman–Crippen MR) is 103 cm³/mol. The third-order valence-corrected chi connectivity index (χ3v) is 6.00. The lowest BCUT2D eigenvalue weighted by atomic mass is 9.71. The second-order valence-corrected chi connectivity index (χ2v) is 7.54. The van der Waals surface area contributed by atoms with Crippen molar-refractivity contribution in [1.82, 2.24) is 4.90 Å².